The van der Waals surface area contributed by atoms with Gasteiger partial charge in [0.1, 0.15) is 6.04 Å². The van der Waals surface area contributed by atoms with Gasteiger partial charge in [0.05, 0.1) is 4.90 Å². The van der Waals surface area contributed by atoms with Gasteiger partial charge >= 0.3 is 0 Å². The van der Waals surface area contributed by atoms with Crippen molar-refractivity contribution in [1.82, 2.24) is 4.72 Å². The molecule has 0 bridgehead atoms. The fourth-order valence-corrected chi connectivity index (χ4v) is 3.90. The Morgan fingerprint density at radius 1 is 0.893 bits per heavy atom. The lowest BCUT2D eigenvalue weighted by atomic mass is 10.0. The summed E-state index contributed by atoms with van der Waals surface area (Å²) in [4.78, 5) is 12.6. The van der Waals surface area contributed by atoms with Crippen molar-refractivity contribution in [2.24, 2.45) is 0 Å². The lowest BCUT2D eigenvalue weighted by molar-refractivity contribution is -0.116. The van der Waals surface area contributed by atoms with E-state index >= 15 is 0 Å². The Balaban J connectivity index is 2.01. The SMILES string of the molecule is CC(C)NS(=O)(=O)c1ccc(NC(=O)[C@H](C)Nc2cccc(C(C)C)c2)cc1. The van der Waals surface area contributed by atoms with Crippen molar-refractivity contribution in [2.75, 3.05) is 10.6 Å². The zero-order valence-corrected chi connectivity index (χ0v) is 17.8. The summed E-state index contributed by atoms with van der Waals surface area (Å²) in [6.07, 6.45) is 0. The maximum atomic E-state index is 12.5. The molecule has 0 saturated carbocycles. The molecule has 1 amide bonds. The van der Waals surface area contributed by atoms with Crippen molar-refractivity contribution < 1.29 is 13.2 Å². The van der Waals surface area contributed by atoms with Gasteiger partial charge in [0.25, 0.3) is 0 Å². The highest BCUT2D eigenvalue weighted by atomic mass is 32.2. The third-order valence-electron chi connectivity index (χ3n) is 4.15. The summed E-state index contributed by atoms with van der Waals surface area (Å²) >= 11 is 0. The van der Waals surface area contributed by atoms with Gasteiger partial charge in [-0.2, -0.15) is 0 Å². The van der Waals surface area contributed by atoms with Gasteiger partial charge in [-0.3, -0.25) is 4.79 Å². The highest BCUT2D eigenvalue weighted by molar-refractivity contribution is 7.89. The van der Waals surface area contributed by atoms with E-state index in [1.54, 1.807) is 32.9 Å². The summed E-state index contributed by atoms with van der Waals surface area (Å²) in [6.45, 7) is 9.54. The zero-order chi connectivity index (χ0) is 20.9. The first-order chi connectivity index (χ1) is 13.1. The fraction of sp³-hybridized carbons (Fsp3) is 0.381. The molecule has 0 saturated heterocycles. The molecule has 3 N–H and O–H groups in total. The average molecular weight is 404 g/mol. The van der Waals surface area contributed by atoms with Crippen LogP contribution in [-0.4, -0.2) is 26.4 Å². The minimum atomic E-state index is -3.55. The molecule has 2 aromatic rings. The molecule has 28 heavy (non-hydrogen) atoms. The minimum Gasteiger partial charge on any atom is -0.374 e. The second-order valence-electron chi connectivity index (χ2n) is 7.44. The summed E-state index contributed by atoms with van der Waals surface area (Å²) in [5.41, 5.74) is 2.62. The predicted molar refractivity (Wildman–Crippen MR) is 114 cm³/mol. The van der Waals surface area contributed by atoms with Gasteiger partial charge in [0, 0.05) is 17.4 Å². The average Bonchev–Trinajstić information content (AvgIpc) is 2.61. The predicted octanol–water partition coefficient (Wildman–Crippen LogP) is 3.94. The Morgan fingerprint density at radius 3 is 2.11 bits per heavy atom. The molecule has 0 fully saturated rings. The van der Waals surface area contributed by atoms with Crippen LogP contribution in [0.2, 0.25) is 0 Å². The van der Waals surface area contributed by atoms with Crippen LogP contribution in [0.15, 0.2) is 53.4 Å². The number of hydrogen-bond donors (Lipinski definition) is 3. The molecule has 7 heteroatoms. The maximum Gasteiger partial charge on any atom is 0.246 e. The van der Waals surface area contributed by atoms with Crippen LogP contribution in [0.4, 0.5) is 11.4 Å². The Kier molecular flexibility index (Phi) is 7.21. The van der Waals surface area contributed by atoms with Crippen LogP contribution in [0.1, 0.15) is 46.1 Å². The van der Waals surface area contributed by atoms with E-state index in [9.17, 15) is 13.2 Å². The Bertz CT molecular complexity index is 907. The van der Waals surface area contributed by atoms with Crippen LogP contribution < -0.4 is 15.4 Å². The van der Waals surface area contributed by atoms with E-state index < -0.39 is 16.1 Å². The first-order valence-electron chi connectivity index (χ1n) is 9.38. The summed E-state index contributed by atoms with van der Waals surface area (Å²) in [5, 5.41) is 6.00. The van der Waals surface area contributed by atoms with Gasteiger partial charge in [-0.25, -0.2) is 13.1 Å². The lowest BCUT2D eigenvalue weighted by Crippen LogP contribution is -2.32. The molecule has 0 aliphatic rings. The number of sulfonamides is 1. The van der Waals surface area contributed by atoms with Gasteiger partial charge in [0.15, 0.2) is 0 Å². The van der Waals surface area contributed by atoms with Crippen molar-refractivity contribution in [1.29, 1.82) is 0 Å². The molecule has 0 aliphatic carbocycles. The number of anilines is 2. The molecule has 0 heterocycles. The topological polar surface area (TPSA) is 87.3 Å². The van der Waals surface area contributed by atoms with E-state index in [1.807, 2.05) is 18.2 Å². The second kappa shape index (κ2) is 9.21. The summed E-state index contributed by atoms with van der Waals surface area (Å²) in [5.74, 6) is 0.205. The quantitative estimate of drug-likeness (QED) is 0.623. The highest BCUT2D eigenvalue weighted by Gasteiger charge is 2.16. The van der Waals surface area contributed by atoms with Gasteiger partial charge in [0.2, 0.25) is 15.9 Å². The Hall–Kier alpha value is -2.38. The number of carbonyl (C=O) groups excluding carboxylic acids is 1. The van der Waals surface area contributed by atoms with E-state index in [2.05, 4.69) is 35.3 Å². The molecule has 0 aliphatic heterocycles. The normalized spacial score (nSPS) is 12.8. The number of hydrogen-bond acceptors (Lipinski definition) is 4. The second-order valence-corrected chi connectivity index (χ2v) is 9.15. The zero-order valence-electron chi connectivity index (χ0n) is 17.0. The van der Waals surface area contributed by atoms with Crippen molar-refractivity contribution in [3.8, 4) is 0 Å². The molecule has 2 rings (SSSR count). The standard InChI is InChI=1S/C21H29N3O3S/c1-14(2)17-7-6-8-19(13-17)22-16(5)21(25)23-18-9-11-20(12-10-18)28(26,27)24-15(3)4/h6-16,22,24H,1-5H3,(H,23,25)/t16-/m0/s1. The lowest BCUT2D eigenvalue weighted by Gasteiger charge is -2.17. The molecular formula is C21H29N3O3S. The van der Waals surface area contributed by atoms with Crippen LogP contribution in [0.3, 0.4) is 0 Å². The first kappa shape index (κ1) is 21.9. The Labute approximate surface area is 167 Å². The van der Waals surface area contributed by atoms with Crippen molar-refractivity contribution in [3.63, 3.8) is 0 Å². The van der Waals surface area contributed by atoms with Gasteiger partial charge in [-0.1, -0.05) is 26.0 Å². The number of rotatable bonds is 8. The number of amides is 1. The van der Waals surface area contributed by atoms with Crippen LogP contribution in [0, 0.1) is 0 Å². The molecule has 1 atom stereocenters. The maximum absolute atomic E-state index is 12.5. The highest BCUT2D eigenvalue weighted by Crippen LogP contribution is 2.19. The van der Waals surface area contributed by atoms with E-state index in [-0.39, 0.29) is 16.8 Å². The summed E-state index contributed by atoms with van der Waals surface area (Å²) < 4.78 is 26.8. The van der Waals surface area contributed by atoms with Crippen LogP contribution in [-0.2, 0) is 14.8 Å². The van der Waals surface area contributed by atoms with E-state index in [1.165, 1.54) is 17.7 Å². The first-order valence-corrected chi connectivity index (χ1v) is 10.9. The largest absolute Gasteiger partial charge is 0.374 e. The van der Waals surface area contributed by atoms with E-state index in [0.717, 1.165) is 5.69 Å². The monoisotopic (exact) mass is 403 g/mol. The van der Waals surface area contributed by atoms with E-state index in [4.69, 9.17) is 0 Å². The smallest absolute Gasteiger partial charge is 0.246 e. The fourth-order valence-electron chi connectivity index (χ4n) is 2.65. The molecule has 152 valence electrons. The van der Waals surface area contributed by atoms with E-state index in [0.29, 0.717) is 11.6 Å². The molecule has 2 aromatic carbocycles. The number of carbonyl (C=O) groups is 1. The minimum absolute atomic E-state index is 0.163. The van der Waals surface area contributed by atoms with Crippen molar-refractivity contribution in [2.45, 2.75) is 57.5 Å². The van der Waals surface area contributed by atoms with Gasteiger partial charge < -0.3 is 10.6 Å². The molecule has 0 unspecified atom stereocenters. The number of nitrogens with one attached hydrogen (secondary N) is 3. The van der Waals surface area contributed by atoms with Crippen LogP contribution in [0.5, 0.6) is 0 Å². The summed E-state index contributed by atoms with van der Waals surface area (Å²) in [7, 11) is -3.55. The summed E-state index contributed by atoms with van der Waals surface area (Å²) in [6, 6.07) is 13.5. The Morgan fingerprint density at radius 2 is 1.54 bits per heavy atom. The molecule has 6 nitrogen and oxygen atoms in total. The van der Waals surface area contributed by atoms with Crippen LogP contribution >= 0.6 is 0 Å². The third kappa shape index (κ3) is 6.07. The van der Waals surface area contributed by atoms with Crippen molar-refractivity contribution in [3.05, 3.63) is 54.1 Å². The van der Waals surface area contributed by atoms with Crippen LogP contribution in [0.25, 0.3) is 0 Å². The van der Waals surface area contributed by atoms with Gasteiger partial charge in [-0.15, -0.1) is 0 Å². The molecular weight excluding hydrogens is 374 g/mol. The third-order valence-corrected chi connectivity index (χ3v) is 5.83. The molecule has 0 aromatic heterocycles. The molecule has 0 radical (unpaired) electrons. The van der Waals surface area contributed by atoms with Gasteiger partial charge in [-0.05, 0) is 68.7 Å². The number of benzene rings is 2. The molecule has 0 spiro atoms. The van der Waals surface area contributed by atoms with Crippen molar-refractivity contribution >= 4 is 27.3 Å².